The maximum absolute atomic E-state index is 12.6. The number of aryl methyl sites for hydroxylation is 2. The lowest BCUT2D eigenvalue weighted by molar-refractivity contribution is 0.0984. The molecule has 0 saturated heterocycles. The van der Waals surface area contributed by atoms with Crippen LogP contribution < -0.4 is 4.90 Å². The number of amides is 1. The van der Waals surface area contributed by atoms with E-state index in [1.165, 1.54) is 0 Å². The van der Waals surface area contributed by atoms with Crippen LogP contribution in [0.1, 0.15) is 28.0 Å². The molecule has 1 aliphatic heterocycles. The number of carbonyl (C=O) groups excluding carboxylic acids is 1. The Labute approximate surface area is 117 Å². The number of benzene rings is 1. The van der Waals surface area contributed by atoms with Gasteiger partial charge in [0.2, 0.25) is 0 Å². The van der Waals surface area contributed by atoms with E-state index in [1.54, 1.807) is 23.2 Å². The summed E-state index contributed by atoms with van der Waals surface area (Å²) in [6.45, 7) is 2.51. The zero-order valence-corrected chi connectivity index (χ0v) is 11.3. The SMILES string of the molecule is Cc1ccc(C(=O)N2CCCc3cccc(O)c32)cn1. The van der Waals surface area contributed by atoms with Crippen LogP contribution >= 0.6 is 0 Å². The summed E-state index contributed by atoms with van der Waals surface area (Å²) in [5, 5.41) is 10.1. The van der Waals surface area contributed by atoms with Crippen LogP contribution in [0.15, 0.2) is 36.5 Å². The average Bonchev–Trinajstić information content (AvgIpc) is 2.47. The van der Waals surface area contributed by atoms with Crippen LogP contribution in [0.4, 0.5) is 5.69 Å². The smallest absolute Gasteiger partial charge is 0.259 e. The first kappa shape index (κ1) is 12.7. The van der Waals surface area contributed by atoms with Gasteiger partial charge in [0.25, 0.3) is 5.91 Å². The van der Waals surface area contributed by atoms with E-state index in [-0.39, 0.29) is 11.7 Å². The van der Waals surface area contributed by atoms with Crippen molar-refractivity contribution in [2.24, 2.45) is 0 Å². The van der Waals surface area contributed by atoms with Gasteiger partial charge in [-0.25, -0.2) is 0 Å². The molecule has 0 atom stereocenters. The molecule has 2 aromatic rings. The first-order valence-electron chi connectivity index (χ1n) is 6.72. The maximum Gasteiger partial charge on any atom is 0.259 e. The zero-order valence-electron chi connectivity index (χ0n) is 11.3. The minimum Gasteiger partial charge on any atom is -0.506 e. The minimum absolute atomic E-state index is 0.111. The highest BCUT2D eigenvalue weighted by molar-refractivity contribution is 6.07. The van der Waals surface area contributed by atoms with Crippen LogP contribution in [0.2, 0.25) is 0 Å². The third-order valence-electron chi connectivity index (χ3n) is 3.60. The van der Waals surface area contributed by atoms with Gasteiger partial charge in [-0.2, -0.15) is 0 Å². The largest absolute Gasteiger partial charge is 0.506 e. The van der Waals surface area contributed by atoms with Crippen molar-refractivity contribution in [3.05, 3.63) is 53.3 Å². The standard InChI is InChI=1S/C16H16N2O2/c1-11-7-8-13(10-17-11)16(20)18-9-3-5-12-4-2-6-14(19)15(12)18/h2,4,6-8,10,19H,3,5,9H2,1H3. The summed E-state index contributed by atoms with van der Waals surface area (Å²) in [4.78, 5) is 18.4. The molecule has 1 N–H and O–H groups in total. The van der Waals surface area contributed by atoms with Crippen molar-refractivity contribution >= 4 is 11.6 Å². The Bertz CT molecular complexity index is 650. The van der Waals surface area contributed by atoms with Crippen molar-refractivity contribution in [2.75, 3.05) is 11.4 Å². The fourth-order valence-corrected chi connectivity index (χ4v) is 2.58. The van der Waals surface area contributed by atoms with Crippen LogP contribution in [0.25, 0.3) is 0 Å². The van der Waals surface area contributed by atoms with E-state index in [9.17, 15) is 9.90 Å². The van der Waals surface area contributed by atoms with E-state index in [0.717, 1.165) is 24.1 Å². The van der Waals surface area contributed by atoms with Crippen LogP contribution in [0, 0.1) is 6.92 Å². The van der Waals surface area contributed by atoms with Gasteiger partial charge in [0.1, 0.15) is 5.75 Å². The normalized spacial score (nSPS) is 13.9. The zero-order chi connectivity index (χ0) is 14.1. The lowest BCUT2D eigenvalue weighted by Crippen LogP contribution is -2.35. The van der Waals surface area contributed by atoms with Crippen molar-refractivity contribution in [1.29, 1.82) is 0 Å². The lowest BCUT2D eigenvalue weighted by Gasteiger charge is -2.30. The quantitative estimate of drug-likeness (QED) is 0.865. The van der Waals surface area contributed by atoms with Crippen LogP contribution in [-0.4, -0.2) is 22.5 Å². The van der Waals surface area contributed by atoms with Crippen molar-refractivity contribution in [1.82, 2.24) is 4.98 Å². The summed E-state index contributed by atoms with van der Waals surface area (Å²) in [5.74, 6) is 0.0515. The number of fused-ring (bicyclic) bond motifs is 1. The molecule has 0 spiro atoms. The topological polar surface area (TPSA) is 53.4 Å². The number of hydrogen-bond donors (Lipinski definition) is 1. The van der Waals surface area contributed by atoms with Crippen molar-refractivity contribution in [3.63, 3.8) is 0 Å². The molecule has 0 radical (unpaired) electrons. The molecule has 0 saturated carbocycles. The van der Waals surface area contributed by atoms with Crippen molar-refractivity contribution in [2.45, 2.75) is 19.8 Å². The van der Waals surface area contributed by atoms with E-state index >= 15 is 0 Å². The van der Waals surface area contributed by atoms with E-state index < -0.39 is 0 Å². The number of phenolic OH excluding ortho intramolecular Hbond substituents is 1. The van der Waals surface area contributed by atoms with Gasteiger partial charge in [-0.3, -0.25) is 9.78 Å². The number of aromatic hydroxyl groups is 1. The Morgan fingerprint density at radius 1 is 1.30 bits per heavy atom. The summed E-state index contributed by atoms with van der Waals surface area (Å²) >= 11 is 0. The second-order valence-electron chi connectivity index (χ2n) is 5.03. The molecule has 0 aliphatic carbocycles. The fourth-order valence-electron chi connectivity index (χ4n) is 2.58. The van der Waals surface area contributed by atoms with Crippen LogP contribution in [0.5, 0.6) is 5.75 Å². The van der Waals surface area contributed by atoms with Crippen molar-refractivity contribution < 1.29 is 9.90 Å². The van der Waals surface area contributed by atoms with Gasteiger partial charge in [0.15, 0.2) is 0 Å². The summed E-state index contributed by atoms with van der Waals surface area (Å²) in [6.07, 6.45) is 3.38. The number of aromatic nitrogens is 1. The second kappa shape index (κ2) is 4.96. The Kier molecular flexibility index (Phi) is 3.14. The van der Waals surface area contributed by atoms with E-state index in [1.807, 2.05) is 25.1 Å². The summed E-state index contributed by atoms with van der Waals surface area (Å²) < 4.78 is 0. The Morgan fingerprint density at radius 2 is 2.15 bits per heavy atom. The van der Waals surface area contributed by atoms with E-state index in [0.29, 0.717) is 17.8 Å². The molecular formula is C16H16N2O2. The predicted molar refractivity (Wildman–Crippen MR) is 77.1 cm³/mol. The van der Waals surface area contributed by atoms with E-state index in [2.05, 4.69) is 4.98 Å². The predicted octanol–water partition coefficient (Wildman–Crippen LogP) is 2.69. The molecule has 4 heteroatoms. The fraction of sp³-hybridized carbons (Fsp3) is 0.250. The van der Waals surface area contributed by atoms with Crippen molar-refractivity contribution in [3.8, 4) is 5.75 Å². The highest BCUT2D eigenvalue weighted by Crippen LogP contribution is 2.36. The molecular weight excluding hydrogens is 252 g/mol. The number of rotatable bonds is 1. The first-order chi connectivity index (χ1) is 9.66. The molecule has 20 heavy (non-hydrogen) atoms. The summed E-state index contributed by atoms with van der Waals surface area (Å²) in [7, 11) is 0. The molecule has 0 fully saturated rings. The van der Waals surface area contributed by atoms with Gasteiger partial charge in [-0.15, -0.1) is 0 Å². The highest BCUT2D eigenvalue weighted by Gasteiger charge is 2.26. The van der Waals surface area contributed by atoms with Gasteiger partial charge in [0.05, 0.1) is 11.3 Å². The molecule has 1 amide bonds. The van der Waals surface area contributed by atoms with Gasteiger partial charge >= 0.3 is 0 Å². The molecule has 0 unspecified atom stereocenters. The third-order valence-corrected chi connectivity index (χ3v) is 3.60. The summed E-state index contributed by atoms with van der Waals surface area (Å²) in [5.41, 5.74) is 3.09. The summed E-state index contributed by atoms with van der Waals surface area (Å²) in [6, 6.07) is 9.00. The molecule has 1 aromatic carbocycles. The number of phenols is 1. The second-order valence-corrected chi connectivity index (χ2v) is 5.03. The molecule has 102 valence electrons. The number of anilines is 1. The highest BCUT2D eigenvalue weighted by atomic mass is 16.3. The van der Waals surface area contributed by atoms with Crippen LogP contribution in [0.3, 0.4) is 0 Å². The number of pyridine rings is 1. The Balaban J connectivity index is 2.00. The van der Waals surface area contributed by atoms with Gasteiger partial charge in [-0.05, 0) is 43.5 Å². The molecule has 1 aromatic heterocycles. The Hall–Kier alpha value is -2.36. The number of hydrogen-bond acceptors (Lipinski definition) is 3. The van der Waals surface area contributed by atoms with Gasteiger partial charge in [-0.1, -0.05) is 12.1 Å². The van der Waals surface area contributed by atoms with Gasteiger partial charge < -0.3 is 10.0 Å². The maximum atomic E-state index is 12.6. The molecule has 2 heterocycles. The average molecular weight is 268 g/mol. The minimum atomic E-state index is -0.111. The molecule has 3 rings (SSSR count). The number of carbonyl (C=O) groups is 1. The number of para-hydroxylation sites is 1. The molecule has 4 nitrogen and oxygen atoms in total. The van der Waals surface area contributed by atoms with Gasteiger partial charge in [0, 0.05) is 18.4 Å². The monoisotopic (exact) mass is 268 g/mol. The molecule has 0 bridgehead atoms. The number of nitrogens with zero attached hydrogens (tertiary/aromatic N) is 2. The third kappa shape index (κ3) is 2.13. The molecule has 1 aliphatic rings. The van der Waals surface area contributed by atoms with Crippen LogP contribution in [-0.2, 0) is 6.42 Å². The Morgan fingerprint density at radius 3 is 2.90 bits per heavy atom. The lowest BCUT2D eigenvalue weighted by atomic mass is 10.00. The first-order valence-corrected chi connectivity index (χ1v) is 6.72. The van der Waals surface area contributed by atoms with E-state index in [4.69, 9.17) is 0 Å².